The van der Waals surface area contributed by atoms with Crippen LogP contribution in [0.15, 0.2) is 22.7 Å². The van der Waals surface area contributed by atoms with Crippen LogP contribution in [-0.4, -0.2) is 38.4 Å². The Morgan fingerprint density at radius 1 is 1.52 bits per heavy atom. The maximum Gasteiger partial charge on any atom is 0.305 e. The number of rotatable bonds is 6. The number of hydrogen-bond donors (Lipinski definition) is 1. The van der Waals surface area contributed by atoms with Crippen LogP contribution < -0.4 is 4.74 Å². The molecule has 0 saturated heterocycles. The number of carboxylic acids is 1. The van der Waals surface area contributed by atoms with E-state index < -0.39 is 5.97 Å². The van der Waals surface area contributed by atoms with Gasteiger partial charge < -0.3 is 9.84 Å². The number of benzene rings is 1. The van der Waals surface area contributed by atoms with E-state index in [2.05, 4.69) is 31.5 Å². The summed E-state index contributed by atoms with van der Waals surface area (Å²) >= 11 is 3.46. The van der Waals surface area contributed by atoms with Gasteiger partial charge in [0.15, 0.2) is 5.82 Å². The molecule has 0 aliphatic rings. The van der Waals surface area contributed by atoms with Gasteiger partial charge in [0.2, 0.25) is 0 Å². The fourth-order valence-corrected chi connectivity index (χ4v) is 2.45. The Morgan fingerprint density at radius 2 is 2.29 bits per heavy atom. The van der Waals surface area contributed by atoms with E-state index in [1.165, 1.54) is 0 Å². The molecule has 0 bridgehead atoms. The Morgan fingerprint density at radius 3 is 2.90 bits per heavy atom. The van der Waals surface area contributed by atoms with Crippen LogP contribution >= 0.6 is 15.9 Å². The largest absolute Gasteiger partial charge is 0.497 e. The van der Waals surface area contributed by atoms with Crippen molar-refractivity contribution in [3.63, 3.8) is 0 Å². The third-order valence-electron chi connectivity index (χ3n) is 3.13. The van der Waals surface area contributed by atoms with Gasteiger partial charge in [0.1, 0.15) is 5.75 Å². The van der Waals surface area contributed by atoms with E-state index in [9.17, 15) is 4.79 Å². The molecule has 1 heterocycles. The van der Waals surface area contributed by atoms with E-state index in [0.717, 1.165) is 10.0 Å². The minimum atomic E-state index is -0.881. The molecule has 0 saturated carbocycles. The summed E-state index contributed by atoms with van der Waals surface area (Å²) in [5.41, 5.74) is 0.753. The molecular weight excluding hydrogens is 340 g/mol. The van der Waals surface area contributed by atoms with Crippen LogP contribution in [0, 0.1) is 0 Å². The van der Waals surface area contributed by atoms with Gasteiger partial charge in [-0.25, -0.2) is 4.68 Å². The fraction of sp³-hybridized carbons (Fsp3) is 0.385. The zero-order chi connectivity index (χ0) is 15.4. The topological polar surface area (TPSA) is 90.1 Å². The molecule has 21 heavy (non-hydrogen) atoms. The van der Waals surface area contributed by atoms with Gasteiger partial charge in [-0.05, 0) is 35.0 Å². The zero-order valence-electron chi connectivity index (χ0n) is 11.7. The van der Waals surface area contributed by atoms with Crippen LogP contribution in [0.5, 0.6) is 5.75 Å². The minimum absolute atomic E-state index is 0.0316. The van der Waals surface area contributed by atoms with Gasteiger partial charge in [0.25, 0.3) is 0 Å². The Hall–Kier alpha value is -1.96. The lowest BCUT2D eigenvalue weighted by molar-refractivity contribution is -0.138. The monoisotopic (exact) mass is 354 g/mol. The van der Waals surface area contributed by atoms with Crippen molar-refractivity contribution in [2.75, 3.05) is 7.11 Å². The highest BCUT2D eigenvalue weighted by atomic mass is 79.9. The van der Waals surface area contributed by atoms with Crippen LogP contribution in [0.3, 0.4) is 0 Å². The Labute approximate surface area is 130 Å². The maximum absolute atomic E-state index is 11.0. The maximum atomic E-state index is 11.0. The molecule has 1 N–H and O–H groups in total. The van der Waals surface area contributed by atoms with Crippen molar-refractivity contribution in [1.82, 2.24) is 20.2 Å². The van der Waals surface area contributed by atoms with E-state index >= 15 is 0 Å². The van der Waals surface area contributed by atoms with Gasteiger partial charge in [-0.3, -0.25) is 4.79 Å². The van der Waals surface area contributed by atoms with Crippen molar-refractivity contribution >= 4 is 21.9 Å². The molecule has 7 nitrogen and oxygen atoms in total. The second-order valence-electron chi connectivity index (χ2n) is 4.45. The lowest BCUT2D eigenvalue weighted by Crippen LogP contribution is -2.15. The first-order chi connectivity index (χ1) is 10.1. The quantitative estimate of drug-likeness (QED) is 0.856. The summed E-state index contributed by atoms with van der Waals surface area (Å²) in [5.74, 6) is 0.302. The Balaban J connectivity index is 2.46. The molecule has 1 unspecified atom stereocenters. The normalized spacial score (nSPS) is 12.1. The van der Waals surface area contributed by atoms with Crippen LogP contribution in [-0.2, 0) is 4.79 Å². The molecule has 1 aromatic carbocycles. The SMILES string of the molecule is CCC(CC(=O)O)n1nnnc1-c1cc(OC)ccc1Br. The van der Waals surface area contributed by atoms with E-state index in [1.54, 1.807) is 17.9 Å². The average molecular weight is 355 g/mol. The molecule has 0 fully saturated rings. The van der Waals surface area contributed by atoms with Gasteiger partial charge in [0.05, 0.1) is 19.6 Å². The van der Waals surface area contributed by atoms with Crippen molar-refractivity contribution in [3.05, 3.63) is 22.7 Å². The predicted octanol–water partition coefficient (Wildman–Crippen LogP) is 2.54. The summed E-state index contributed by atoms with van der Waals surface area (Å²) < 4.78 is 7.57. The molecule has 2 rings (SSSR count). The number of carboxylic acid groups (broad SMARTS) is 1. The summed E-state index contributed by atoms with van der Waals surface area (Å²) in [5, 5.41) is 20.6. The summed E-state index contributed by atoms with van der Waals surface area (Å²) in [6.45, 7) is 1.90. The van der Waals surface area contributed by atoms with E-state index in [4.69, 9.17) is 9.84 Å². The number of methoxy groups -OCH3 is 1. The molecule has 2 aromatic rings. The van der Waals surface area contributed by atoms with Crippen molar-refractivity contribution in [2.24, 2.45) is 0 Å². The molecule has 0 radical (unpaired) electrons. The lowest BCUT2D eigenvalue weighted by atomic mass is 10.1. The van der Waals surface area contributed by atoms with Crippen LogP contribution in [0.25, 0.3) is 11.4 Å². The van der Waals surface area contributed by atoms with Crippen LogP contribution in [0.4, 0.5) is 0 Å². The highest BCUT2D eigenvalue weighted by Gasteiger charge is 2.21. The molecule has 1 aromatic heterocycles. The summed E-state index contributed by atoms with van der Waals surface area (Å²) in [7, 11) is 1.58. The summed E-state index contributed by atoms with van der Waals surface area (Å²) in [6, 6.07) is 5.16. The van der Waals surface area contributed by atoms with Gasteiger partial charge >= 0.3 is 5.97 Å². The Kier molecular flexibility index (Phi) is 4.89. The van der Waals surface area contributed by atoms with Gasteiger partial charge in [0, 0.05) is 10.0 Å². The third kappa shape index (κ3) is 3.38. The fourth-order valence-electron chi connectivity index (χ4n) is 2.02. The highest BCUT2D eigenvalue weighted by molar-refractivity contribution is 9.10. The molecule has 112 valence electrons. The van der Waals surface area contributed by atoms with E-state index in [-0.39, 0.29) is 12.5 Å². The third-order valence-corrected chi connectivity index (χ3v) is 3.83. The van der Waals surface area contributed by atoms with Gasteiger partial charge in [-0.15, -0.1) is 5.10 Å². The number of ether oxygens (including phenoxy) is 1. The van der Waals surface area contributed by atoms with Gasteiger partial charge in [-0.2, -0.15) is 0 Å². The number of nitrogens with zero attached hydrogens (tertiary/aromatic N) is 4. The van der Waals surface area contributed by atoms with Crippen molar-refractivity contribution in [2.45, 2.75) is 25.8 Å². The molecule has 8 heteroatoms. The highest BCUT2D eigenvalue weighted by Crippen LogP contribution is 2.32. The molecule has 0 spiro atoms. The molecule has 0 aliphatic heterocycles. The number of aromatic nitrogens is 4. The summed E-state index contributed by atoms with van der Waals surface area (Å²) in [6.07, 6.45) is 0.585. The predicted molar refractivity (Wildman–Crippen MR) is 79.1 cm³/mol. The number of halogens is 1. The first-order valence-electron chi connectivity index (χ1n) is 6.40. The molecular formula is C13H15BrN4O3. The molecule has 0 amide bonds. The average Bonchev–Trinajstić information content (AvgIpc) is 2.94. The number of hydrogen-bond acceptors (Lipinski definition) is 5. The van der Waals surface area contributed by atoms with E-state index in [1.807, 2.05) is 19.1 Å². The lowest BCUT2D eigenvalue weighted by Gasteiger charge is -2.15. The second-order valence-corrected chi connectivity index (χ2v) is 5.31. The number of tetrazole rings is 1. The standard InChI is InChI=1S/C13H15BrN4O3/c1-3-8(6-12(19)20)18-13(15-16-17-18)10-7-9(21-2)4-5-11(10)14/h4-5,7-8H,3,6H2,1-2H3,(H,19,20). The van der Waals surface area contributed by atoms with Crippen molar-refractivity contribution in [3.8, 4) is 17.1 Å². The smallest absolute Gasteiger partial charge is 0.305 e. The second kappa shape index (κ2) is 6.66. The van der Waals surface area contributed by atoms with Crippen molar-refractivity contribution in [1.29, 1.82) is 0 Å². The first kappa shape index (κ1) is 15.4. The Bertz CT molecular complexity index is 644. The van der Waals surface area contributed by atoms with Crippen LogP contribution in [0.2, 0.25) is 0 Å². The number of aliphatic carboxylic acids is 1. The zero-order valence-corrected chi connectivity index (χ0v) is 13.2. The van der Waals surface area contributed by atoms with Crippen LogP contribution in [0.1, 0.15) is 25.8 Å². The van der Waals surface area contributed by atoms with Crippen molar-refractivity contribution < 1.29 is 14.6 Å². The molecule has 0 aliphatic carbocycles. The van der Waals surface area contributed by atoms with E-state index in [0.29, 0.717) is 18.0 Å². The molecule has 1 atom stereocenters. The minimum Gasteiger partial charge on any atom is -0.497 e. The first-order valence-corrected chi connectivity index (χ1v) is 7.19. The summed E-state index contributed by atoms with van der Waals surface area (Å²) in [4.78, 5) is 11.0. The van der Waals surface area contributed by atoms with Gasteiger partial charge in [-0.1, -0.05) is 22.9 Å². The number of carbonyl (C=O) groups is 1.